The molecule has 0 radical (unpaired) electrons. The number of methoxy groups -OCH3 is 1. The normalized spacial score (nSPS) is 10.4. The molecule has 7 heteroatoms. The monoisotopic (exact) mass is 322 g/mol. The lowest BCUT2D eigenvalue weighted by molar-refractivity contribution is -0.121. The molecule has 0 aliphatic heterocycles. The Balaban J connectivity index is 2.59. The van der Waals surface area contributed by atoms with E-state index in [4.69, 9.17) is 4.74 Å². The number of nitrogens with zero attached hydrogens (tertiary/aromatic N) is 3. The van der Waals surface area contributed by atoms with Crippen LogP contribution in [0, 0.1) is 6.92 Å². The summed E-state index contributed by atoms with van der Waals surface area (Å²) in [4.78, 5) is 34.0. The van der Waals surface area contributed by atoms with Gasteiger partial charge < -0.3 is 15.0 Å². The van der Waals surface area contributed by atoms with Gasteiger partial charge in [-0.1, -0.05) is 13.3 Å². The van der Waals surface area contributed by atoms with Crippen molar-refractivity contribution in [3.05, 3.63) is 23.8 Å². The zero-order valence-corrected chi connectivity index (χ0v) is 14.2. The first kappa shape index (κ1) is 19.0. The summed E-state index contributed by atoms with van der Waals surface area (Å²) >= 11 is 0. The molecular formula is C16H26N4O3. The van der Waals surface area contributed by atoms with Gasteiger partial charge in [-0.2, -0.15) is 0 Å². The summed E-state index contributed by atoms with van der Waals surface area (Å²) < 4.78 is 5.03. The predicted octanol–water partition coefficient (Wildman–Crippen LogP) is 1.18. The summed E-state index contributed by atoms with van der Waals surface area (Å²) in [6.45, 7) is 5.70. The first-order valence-corrected chi connectivity index (χ1v) is 7.92. The molecule has 0 saturated heterocycles. The molecule has 1 aromatic rings. The molecule has 1 rings (SSSR count). The summed E-state index contributed by atoms with van der Waals surface area (Å²) in [5.41, 5.74) is 1.03. The summed E-state index contributed by atoms with van der Waals surface area (Å²) in [5.74, 6) is -0.292. The second-order valence-corrected chi connectivity index (χ2v) is 5.28. The lowest BCUT2D eigenvalue weighted by Crippen LogP contribution is -2.38. The number of rotatable bonds is 10. The number of carbonyl (C=O) groups is 2. The Morgan fingerprint density at radius 1 is 1.26 bits per heavy atom. The molecule has 2 amide bonds. The third kappa shape index (κ3) is 7.19. The molecule has 0 fully saturated rings. The number of amides is 2. The van der Waals surface area contributed by atoms with Gasteiger partial charge in [-0.25, -0.2) is 4.98 Å². The third-order valence-electron chi connectivity index (χ3n) is 3.31. The molecule has 1 aromatic heterocycles. The van der Waals surface area contributed by atoms with E-state index in [1.807, 2.05) is 6.92 Å². The van der Waals surface area contributed by atoms with E-state index < -0.39 is 0 Å². The molecular weight excluding hydrogens is 296 g/mol. The van der Waals surface area contributed by atoms with Gasteiger partial charge in [-0.15, -0.1) is 0 Å². The number of hydrogen-bond donors (Lipinski definition) is 1. The van der Waals surface area contributed by atoms with Crippen molar-refractivity contribution in [2.75, 3.05) is 33.4 Å². The molecule has 128 valence electrons. The van der Waals surface area contributed by atoms with Crippen molar-refractivity contribution in [1.82, 2.24) is 20.2 Å². The van der Waals surface area contributed by atoms with Crippen LogP contribution in [-0.2, 0) is 9.53 Å². The van der Waals surface area contributed by atoms with Gasteiger partial charge in [-0.05, 0) is 13.3 Å². The highest BCUT2D eigenvalue weighted by Crippen LogP contribution is 2.03. The topological polar surface area (TPSA) is 84.4 Å². The summed E-state index contributed by atoms with van der Waals surface area (Å²) in [6.07, 6.45) is 5.26. The van der Waals surface area contributed by atoms with Crippen molar-refractivity contribution in [3.8, 4) is 0 Å². The number of hydrogen-bond acceptors (Lipinski definition) is 5. The minimum absolute atomic E-state index is 0.0522. The van der Waals surface area contributed by atoms with Crippen LogP contribution in [0.25, 0.3) is 0 Å². The Labute approximate surface area is 137 Å². The molecule has 23 heavy (non-hydrogen) atoms. The van der Waals surface area contributed by atoms with E-state index in [0.29, 0.717) is 26.2 Å². The molecule has 7 nitrogen and oxygen atoms in total. The highest BCUT2D eigenvalue weighted by atomic mass is 16.5. The van der Waals surface area contributed by atoms with E-state index in [-0.39, 0.29) is 23.9 Å². The minimum Gasteiger partial charge on any atom is -0.383 e. The molecule has 0 bridgehead atoms. The van der Waals surface area contributed by atoms with Crippen LogP contribution in [0.2, 0.25) is 0 Å². The molecule has 1 heterocycles. The lowest BCUT2D eigenvalue weighted by Gasteiger charge is -2.21. The van der Waals surface area contributed by atoms with Crippen LogP contribution in [0.1, 0.15) is 42.4 Å². The van der Waals surface area contributed by atoms with Crippen molar-refractivity contribution >= 4 is 11.8 Å². The fourth-order valence-corrected chi connectivity index (χ4v) is 1.91. The summed E-state index contributed by atoms with van der Waals surface area (Å²) in [7, 11) is 1.58. The number of nitrogens with one attached hydrogen (secondary N) is 1. The van der Waals surface area contributed by atoms with E-state index in [1.165, 1.54) is 6.20 Å². The van der Waals surface area contributed by atoms with Gasteiger partial charge in [-0.3, -0.25) is 14.6 Å². The van der Waals surface area contributed by atoms with E-state index in [9.17, 15) is 9.59 Å². The average molecular weight is 322 g/mol. The standard InChI is InChI=1S/C16H26N4O3/c1-4-5-7-17-15(21)6-8-20(9-10-23-3)16(22)14-12-18-13(2)11-19-14/h11-12H,4-10H2,1-3H3,(H,17,21). The number of aromatic nitrogens is 2. The maximum absolute atomic E-state index is 12.5. The highest BCUT2D eigenvalue weighted by Gasteiger charge is 2.18. The average Bonchev–Trinajstić information content (AvgIpc) is 2.55. The number of aryl methyl sites for hydroxylation is 1. The number of unbranched alkanes of at least 4 members (excludes halogenated alkanes) is 1. The van der Waals surface area contributed by atoms with Crippen LogP contribution in [0.3, 0.4) is 0 Å². The second kappa shape index (κ2) is 10.7. The first-order valence-electron chi connectivity index (χ1n) is 7.92. The van der Waals surface area contributed by atoms with Gasteiger partial charge >= 0.3 is 0 Å². The minimum atomic E-state index is -0.240. The molecule has 0 spiro atoms. The number of carbonyl (C=O) groups excluding carboxylic acids is 2. The van der Waals surface area contributed by atoms with Crippen LogP contribution in [0.15, 0.2) is 12.4 Å². The largest absolute Gasteiger partial charge is 0.383 e. The van der Waals surface area contributed by atoms with Crippen molar-refractivity contribution < 1.29 is 14.3 Å². The Hall–Kier alpha value is -2.02. The van der Waals surface area contributed by atoms with Crippen molar-refractivity contribution in [3.63, 3.8) is 0 Å². The van der Waals surface area contributed by atoms with Gasteiger partial charge in [0.05, 0.1) is 18.5 Å². The smallest absolute Gasteiger partial charge is 0.274 e. The van der Waals surface area contributed by atoms with Crippen LogP contribution < -0.4 is 5.32 Å². The second-order valence-electron chi connectivity index (χ2n) is 5.28. The summed E-state index contributed by atoms with van der Waals surface area (Å²) in [5, 5.41) is 2.85. The SMILES string of the molecule is CCCCNC(=O)CCN(CCOC)C(=O)c1cnc(C)cn1. The molecule has 0 unspecified atom stereocenters. The highest BCUT2D eigenvalue weighted by molar-refractivity contribution is 5.92. The molecule has 0 atom stereocenters. The fraction of sp³-hybridized carbons (Fsp3) is 0.625. The first-order chi connectivity index (χ1) is 11.1. The Kier molecular flexibility index (Phi) is 8.82. The zero-order chi connectivity index (χ0) is 17.1. The van der Waals surface area contributed by atoms with E-state index in [2.05, 4.69) is 22.2 Å². The van der Waals surface area contributed by atoms with Gasteiger partial charge in [0.2, 0.25) is 5.91 Å². The van der Waals surface area contributed by atoms with Gasteiger partial charge in [0.15, 0.2) is 0 Å². The van der Waals surface area contributed by atoms with E-state index >= 15 is 0 Å². The molecule has 1 N–H and O–H groups in total. The predicted molar refractivity (Wildman–Crippen MR) is 87.1 cm³/mol. The molecule has 0 aliphatic rings. The van der Waals surface area contributed by atoms with E-state index in [1.54, 1.807) is 18.2 Å². The number of ether oxygens (including phenoxy) is 1. The van der Waals surface area contributed by atoms with Crippen molar-refractivity contribution in [2.24, 2.45) is 0 Å². The van der Waals surface area contributed by atoms with Crippen LogP contribution in [0.4, 0.5) is 0 Å². The van der Waals surface area contributed by atoms with Gasteiger partial charge in [0.25, 0.3) is 5.91 Å². The molecule has 0 aliphatic carbocycles. The molecule has 0 saturated carbocycles. The third-order valence-corrected chi connectivity index (χ3v) is 3.31. The quantitative estimate of drug-likeness (QED) is 0.654. The van der Waals surface area contributed by atoms with E-state index in [0.717, 1.165) is 18.5 Å². The van der Waals surface area contributed by atoms with Crippen molar-refractivity contribution in [2.45, 2.75) is 33.1 Å². The molecule has 0 aromatic carbocycles. The van der Waals surface area contributed by atoms with Crippen molar-refractivity contribution in [1.29, 1.82) is 0 Å². The lowest BCUT2D eigenvalue weighted by atomic mass is 10.3. The fourth-order valence-electron chi connectivity index (χ4n) is 1.91. The summed E-state index contributed by atoms with van der Waals surface area (Å²) in [6, 6.07) is 0. The maximum atomic E-state index is 12.5. The van der Waals surface area contributed by atoms with Crippen LogP contribution in [-0.4, -0.2) is 60.0 Å². The Morgan fingerprint density at radius 2 is 2.04 bits per heavy atom. The van der Waals surface area contributed by atoms with Gasteiger partial charge in [0, 0.05) is 39.4 Å². The maximum Gasteiger partial charge on any atom is 0.274 e. The van der Waals surface area contributed by atoms with Crippen LogP contribution in [0.5, 0.6) is 0 Å². The zero-order valence-electron chi connectivity index (χ0n) is 14.2. The van der Waals surface area contributed by atoms with Crippen LogP contribution >= 0.6 is 0 Å². The Bertz CT molecular complexity index is 491. The van der Waals surface area contributed by atoms with Gasteiger partial charge in [0.1, 0.15) is 5.69 Å². The Morgan fingerprint density at radius 3 is 2.65 bits per heavy atom.